The van der Waals surface area contributed by atoms with Gasteiger partial charge in [0.2, 0.25) is 0 Å². The fraction of sp³-hybridized carbons (Fsp3) is 1.00. The first kappa shape index (κ1) is 14.3. The van der Waals surface area contributed by atoms with Crippen LogP contribution in [0.3, 0.4) is 0 Å². The maximum atomic E-state index is 2.84. The Morgan fingerprint density at radius 2 is 1.94 bits per heavy atom. The number of hydrogen-bond donors (Lipinski definition) is 0. The van der Waals surface area contributed by atoms with Crippen molar-refractivity contribution in [3.05, 3.63) is 0 Å². The molecule has 2 unspecified atom stereocenters. The summed E-state index contributed by atoms with van der Waals surface area (Å²) in [5.74, 6) is 0.766. The molecule has 18 heavy (non-hydrogen) atoms. The highest BCUT2D eigenvalue weighted by atomic mass is 15.3. The lowest BCUT2D eigenvalue weighted by Crippen LogP contribution is -2.63. The molecular formula is C16H32N2. The predicted molar refractivity (Wildman–Crippen MR) is 78.9 cm³/mol. The second-order valence-corrected chi connectivity index (χ2v) is 7.32. The Balaban J connectivity index is 2.14. The van der Waals surface area contributed by atoms with Gasteiger partial charge in [0.05, 0.1) is 0 Å². The molecule has 2 nitrogen and oxygen atoms in total. The van der Waals surface area contributed by atoms with Gasteiger partial charge in [-0.3, -0.25) is 9.80 Å². The van der Waals surface area contributed by atoms with Gasteiger partial charge in [-0.15, -0.1) is 0 Å². The zero-order valence-corrected chi connectivity index (χ0v) is 13.1. The van der Waals surface area contributed by atoms with Crippen molar-refractivity contribution >= 4 is 0 Å². The average molecular weight is 252 g/mol. The lowest BCUT2D eigenvalue weighted by atomic mass is 9.88. The molecule has 2 saturated heterocycles. The van der Waals surface area contributed by atoms with Gasteiger partial charge in [-0.1, -0.05) is 27.2 Å². The third-order valence-corrected chi connectivity index (χ3v) is 5.14. The van der Waals surface area contributed by atoms with Gasteiger partial charge in [0.1, 0.15) is 0 Å². The van der Waals surface area contributed by atoms with Crippen LogP contribution in [0, 0.1) is 5.92 Å². The molecule has 0 aromatic heterocycles. The van der Waals surface area contributed by atoms with Gasteiger partial charge < -0.3 is 0 Å². The van der Waals surface area contributed by atoms with Gasteiger partial charge in [-0.05, 0) is 45.6 Å². The molecule has 0 amide bonds. The van der Waals surface area contributed by atoms with Crippen molar-refractivity contribution in [2.24, 2.45) is 5.92 Å². The minimum Gasteiger partial charge on any atom is -0.298 e. The van der Waals surface area contributed by atoms with E-state index in [2.05, 4.69) is 44.4 Å². The van der Waals surface area contributed by atoms with Crippen molar-refractivity contribution in [2.45, 2.75) is 77.9 Å². The number of fused-ring (bicyclic) bond motifs is 1. The fourth-order valence-electron chi connectivity index (χ4n) is 4.07. The second kappa shape index (κ2) is 5.50. The van der Waals surface area contributed by atoms with E-state index in [0.29, 0.717) is 5.54 Å². The Bertz CT molecular complexity index is 272. The first-order chi connectivity index (χ1) is 8.45. The van der Waals surface area contributed by atoms with E-state index in [4.69, 9.17) is 0 Å². The van der Waals surface area contributed by atoms with Crippen molar-refractivity contribution in [1.82, 2.24) is 9.80 Å². The largest absolute Gasteiger partial charge is 0.298 e. The summed E-state index contributed by atoms with van der Waals surface area (Å²) in [6, 6.07) is 1.59. The molecule has 2 heteroatoms. The molecule has 0 aromatic carbocycles. The molecule has 0 aromatic rings. The molecule has 2 rings (SSSR count). The molecule has 0 radical (unpaired) electrons. The maximum absolute atomic E-state index is 2.84. The summed E-state index contributed by atoms with van der Waals surface area (Å²) >= 11 is 0. The number of rotatable bonds is 4. The van der Waals surface area contributed by atoms with E-state index in [1.54, 1.807) is 0 Å². The Labute approximate surface area is 114 Å². The topological polar surface area (TPSA) is 6.48 Å². The highest BCUT2D eigenvalue weighted by molar-refractivity contribution is 4.98. The third-order valence-electron chi connectivity index (χ3n) is 5.14. The highest BCUT2D eigenvalue weighted by Gasteiger charge is 2.42. The van der Waals surface area contributed by atoms with Crippen molar-refractivity contribution in [3.63, 3.8) is 0 Å². The monoisotopic (exact) mass is 252 g/mol. The van der Waals surface area contributed by atoms with E-state index in [1.165, 1.54) is 45.3 Å². The summed E-state index contributed by atoms with van der Waals surface area (Å²) in [5.41, 5.74) is 0.373. The second-order valence-electron chi connectivity index (χ2n) is 7.32. The normalized spacial score (nSPS) is 31.0. The summed E-state index contributed by atoms with van der Waals surface area (Å²) in [4.78, 5) is 5.59. The fourth-order valence-corrected chi connectivity index (χ4v) is 4.07. The van der Waals surface area contributed by atoms with Crippen LogP contribution in [0.2, 0.25) is 0 Å². The molecule has 106 valence electrons. The van der Waals surface area contributed by atoms with Crippen LogP contribution in [0.5, 0.6) is 0 Å². The number of piperazine rings is 1. The van der Waals surface area contributed by atoms with Crippen LogP contribution in [-0.2, 0) is 0 Å². The summed E-state index contributed by atoms with van der Waals surface area (Å²) in [5, 5.41) is 0. The molecule has 0 aliphatic carbocycles. The molecule has 2 aliphatic heterocycles. The Hall–Kier alpha value is -0.0800. The van der Waals surface area contributed by atoms with Crippen molar-refractivity contribution in [2.75, 3.05) is 19.6 Å². The van der Waals surface area contributed by atoms with Crippen LogP contribution in [0.4, 0.5) is 0 Å². The van der Waals surface area contributed by atoms with E-state index in [0.717, 1.165) is 18.0 Å². The van der Waals surface area contributed by atoms with Gasteiger partial charge in [0.25, 0.3) is 0 Å². The minimum atomic E-state index is 0.373. The lowest BCUT2D eigenvalue weighted by Gasteiger charge is -2.52. The SMILES string of the molecule is CCCC(C)(C)N1CC2CCCN2CC1C(C)C. The summed E-state index contributed by atoms with van der Waals surface area (Å²) in [6.07, 6.45) is 5.45. The van der Waals surface area contributed by atoms with E-state index in [1.807, 2.05) is 0 Å². The van der Waals surface area contributed by atoms with E-state index < -0.39 is 0 Å². The first-order valence-electron chi connectivity index (χ1n) is 7.96. The molecule has 2 aliphatic rings. The average Bonchev–Trinajstić information content (AvgIpc) is 2.74. The van der Waals surface area contributed by atoms with Crippen LogP contribution >= 0.6 is 0 Å². The minimum absolute atomic E-state index is 0.373. The summed E-state index contributed by atoms with van der Waals surface area (Å²) in [7, 11) is 0. The van der Waals surface area contributed by atoms with Gasteiger partial charge in [0, 0.05) is 30.7 Å². The molecule has 2 fully saturated rings. The molecule has 0 bridgehead atoms. The standard InChI is InChI=1S/C16H32N2/c1-6-9-16(4,5)18-11-14-8-7-10-17(14)12-15(18)13(2)3/h13-15H,6-12H2,1-5H3. The lowest BCUT2D eigenvalue weighted by molar-refractivity contribution is -0.0364. The van der Waals surface area contributed by atoms with Crippen molar-refractivity contribution in [1.29, 1.82) is 0 Å². The summed E-state index contributed by atoms with van der Waals surface area (Å²) < 4.78 is 0. The van der Waals surface area contributed by atoms with Crippen molar-refractivity contribution < 1.29 is 0 Å². The zero-order valence-electron chi connectivity index (χ0n) is 13.1. The number of hydrogen-bond acceptors (Lipinski definition) is 2. The number of nitrogens with zero attached hydrogens (tertiary/aromatic N) is 2. The van der Waals surface area contributed by atoms with Crippen LogP contribution in [0.1, 0.15) is 60.3 Å². The van der Waals surface area contributed by atoms with Gasteiger partial charge in [0.15, 0.2) is 0 Å². The van der Waals surface area contributed by atoms with Crippen LogP contribution in [0.25, 0.3) is 0 Å². The van der Waals surface area contributed by atoms with Gasteiger partial charge in [-0.2, -0.15) is 0 Å². The van der Waals surface area contributed by atoms with Crippen LogP contribution in [-0.4, -0.2) is 47.1 Å². The third kappa shape index (κ3) is 2.75. The molecule has 0 saturated carbocycles. The summed E-state index contributed by atoms with van der Waals surface area (Å²) in [6.45, 7) is 16.0. The zero-order chi connectivity index (χ0) is 13.3. The quantitative estimate of drug-likeness (QED) is 0.757. The smallest absolute Gasteiger partial charge is 0.0252 e. The van der Waals surface area contributed by atoms with E-state index in [-0.39, 0.29) is 0 Å². The molecule has 2 atom stereocenters. The first-order valence-corrected chi connectivity index (χ1v) is 7.96. The van der Waals surface area contributed by atoms with Gasteiger partial charge >= 0.3 is 0 Å². The van der Waals surface area contributed by atoms with E-state index in [9.17, 15) is 0 Å². The van der Waals surface area contributed by atoms with Crippen molar-refractivity contribution in [3.8, 4) is 0 Å². The van der Waals surface area contributed by atoms with Crippen LogP contribution < -0.4 is 0 Å². The van der Waals surface area contributed by atoms with Crippen LogP contribution in [0.15, 0.2) is 0 Å². The molecule has 2 heterocycles. The molecular weight excluding hydrogens is 220 g/mol. The Morgan fingerprint density at radius 1 is 1.22 bits per heavy atom. The Kier molecular flexibility index (Phi) is 4.38. The highest BCUT2D eigenvalue weighted by Crippen LogP contribution is 2.34. The molecule has 0 spiro atoms. The predicted octanol–water partition coefficient (Wildman–Crippen LogP) is 3.37. The Morgan fingerprint density at radius 3 is 2.56 bits per heavy atom. The molecule has 0 N–H and O–H groups in total. The maximum Gasteiger partial charge on any atom is 0.0252 e. The van der Waals surface area contributed by atoms with E-state index >= 15 is 0 Å². The van der Waals surface area contributed by atoms with Gasteiger partial charge in [-0.25, -0.2) is 0 Å².